The van der Waals surface area contributed by atoms with Gasteiger partial charge in [-0.05, 0) is 42.9 Å². The van der Waals surface area contributed by atoms with Crippen molar-refractivity contribution in [3.8, 4) is 0 Å². The Hall–Kier alpha value is -1.00. The number of rotatable bonds is 2. The average Bonchev–Trinajstić information content (AvgIpc) is 2.48. The first-order valence-corrected chi connectivity index (χ1v) is 8.23. The SMILES string of the molecule is O=C(Nc1cccc2c1CCCC2)C1CSCCN1. The van der Waals surface area contributed by atoms with Crippen molar-refractivity contribution in [3.63, 3.8) is 0 Å². The standard InChI is InChI=1S/C15H20N2OS/c18-15(14-10-19-9-8-16-14)17-13-7-3-5-11-4-1-2-6-12(11)13/h3,5,7,14,16H,1-2,4,6,8-10H2,(H,17,18). The Bertz CT molecular complexity index is 469. The smallest absolute Gasteiger partial charge is 0.242 e. The molecule has 0 aromatic heterocycles. The minimum absolute atomic E-state index is 0.0433. The van der Waals surface area contributed by atoms with Crippen LogP contribution in [0, 0.1) is 0 Å². The number of hydrogen-bond donors (Lipinski definition) is 2. The van der Waals surface area contributed by atoms with Gasteiger partial charge in [0.15, 0.2) is 0 Å². The first-order valence-electron chi connectivity index (χ1n) is 7.07. The van der Waals surface area contributed by atoms with Gasteiger partial charge < -0.3 is 10.6 Å². The predicted molar refractivity (Wildman–Crippen MR) is 80.8 cm³/mol. The Kier molecular flexibility index (Phi) is 4.09. The second-order valence-corrected chi connectivity index (χ2v) is 6.37. The highest BCUT2D eigenvalue weighted by Crippen LogP contribution is 2.28. The Morgan fingerprint density at radius 1 is 1.32 bits per heavy atom. The van der Waals surface area contributed by atoms with Crippen molar-refractivity contribution in [1.82, 2.24) is 5.32 Å². The molecule has 0 saturated carbocycles. The van der Waals surface area contributed by atoms with Crippen molar-refractivity contribution < 1.29 is 4.79 Å². The maximum Gasteiger partial charge on any atom is 0.242 e. The molecule has 0 radical (unpaired) electrons. The number of benzene rings is 1. The van der Waals surface area contributed by atoms with Gasteiger partial charge in [0.2, 0.25) is 5.91 Å². The second kappa shape index (κ2) is 5.97. The molecule has 1 saturated heterocycles. The molecule has 3 rings (SSSR count). The lowest BCUT2D eigenvalue weighted by molar-refractivity contribution is -0.117. The molecule has 1 aromatic rings. The van der Waals surface area contributed by atoms with Crippen LogP contribution in [0.2, 0.25) is 0 Å². The third kappa shape index (κ3) is 2.95. The molecule has 1 aliphatic heterocycles. The summed E-state index contributed by atoms with van der Waals surface area (Å²) in [6.45, 7) is 0.926. The number of carbonyl (C=O) groups excluding carboxylic acids is 1. The predicted octanol–water partition coefficient (Wildman–Crippen LogP) is 2.21. The monoisotopic (exact) mass is 276 g/mol. The van der Waals surface area contributed by atoms with Gasteiger partial charge >= 0.3 is 0 Å². The number of fused-ring (bicyclic) bond motifs is 1. The van der Waals surface area contributed by atoms with Gasteiger partial charge in [0.1, 0.15) is 0 Å². The van der Waals surface area contributed by atoms with Gasteiger partial charge in [-0.2, -0.15) is 11.8 Å². The lowest BCUT2D eigenvalue weighted by Gasteiger charge is -2.24. The van der Waals surface area contributed by atoms with Crippen LogP contribution in [0.15, 0.2) is 18.2 Å². The fourth-order valence-electron chi connectivity index (χ4n) is 2.85. The highest BCUT2D eigenvalue weighted by molar-refractivity contribution is 7.99. The van der Waals surface area contributed by atoms with Gasteiger partial charge in [-0.3, -0.25) is 4.79 Å². The zero-order chi connectivity index (χ0) is 13.1. The molecule has 1 aliphatic carbocycles. The van der Waals surface area contributed by atoms with Gasteiger partial charge in [-0.15, -0.1) is 0 Å². The third-order valence-electron chi connectivity index (χ3n) is 3.89. The molecular weight excluding hydrogens is 256 g/mol. The van der Waals surface area contributed by atoms with Crippen LogP contribution >= 0.6 is 11.8 Å². The fraction of sp³-hybridized carbons (Fsp3) is 0.533. The summed E-state index contributed by atoms with van der Waals surface area (Å²) < 4.78 is 0. The molecule has 0 bridgehead atoms. The summed E-state index contributed by atoms with van der Waals surface area (Å²) in [4.78, 5) is 12.3. The van der Waals surface area contributed by atoms with Crippen LogP contribution < -0.4 is 10.6 Å². The highest BCUT2D eigenvalue weighted by atomic mass is 32.2. The molecular formula is C15H20N2OS. The van der Waals surface area contributed by atoms with Crippen LogP contribution in [0.1, 0.15) is 24.0 Å². The Morgan fingerprint density at radius 3 is 3.05 bits per heavy atom. The number of amides is 1. The summed E-state index contributed by atoms with van der Waals surface area (Å²) in [5.74, 6) is 2.09. The van der Waals surface area contributed by atoms with E-state index in [1.165, 1.54) is 24.0 Å². The highest BCUT2D eigenvalue weighted by Gasteiger charge is 2.22. The van der Waals surface area contributed by atoms with E-state index in [9.17, 15) is 4.79 Å². The van der Waals surface area contributed by atoms with Crippen molar-refractivity contribution in [2.24, 2.45) is 0 Å². The molecule has 1 unspecified atom stereocenters. The molecule has 4 heteroatoms. The summed E-state index contributed by atoms with van der Waals surface area (Å²) in [7, 11) is 0. The number of carbonyl (C=O) groups is 1. The average molecular weight is 276 g/mol. The molecule has 102 valence electrons. The van der Waals surface area contributed by atoms with Crippen LogP contribution in [0.3, 0.4) is 0 Å². The summed E-state index contributed by atoms with van der Waals surface area (Å²) in [5, 5.41) is 6.41. The van der Waals surface area contributed by atoms with Crippen LogP contribution in [0.4, 0.5) is 5.69 Å². The number of hydrogen-bond acceptors (Lipinski definition) is 3. The van der Waals surface area contributed by atoms with Crippen LogP contribution in [0.25, 0.3) is 0 Å². The van der Waals surface area contributed by atoms with E-state index in [1.54, 1.807) is 0 Å². The quantitative estimate of drug-likeness (QED) is 0.870. The van der Waals surface area contributed by atoms with E-state index in [-0.39, 0.29) is 11.9 Å². The Balaban J connectivity index is 1.74. The van der Waals surface area contributed by atoms with E-state index in [2.05, 4.69) is 22.8 Å². The van der Waals surface area contributed by atoms with Gasteiger partial charge in [0.25, 0.3) is 0 Å². The van der Waals surface area contributed by atoms with E-state index >= 15 is 0 Å². The van der Waals surface area contributed by atoms with E-state index in [4.69, 9.17) is 0 Å². The van der Waals surface area contributed by atoms with Crippen molar-refractivity contribution in [2.75, 3.05) is 23.4 Å². The molecule has 0 spiro atoms. The molecule has 2 aliphatic rings. The van der Waals surface area contributed by atoms with Gasteiger partial charge in [0.05, 0.1) is 6.04 Å². The zero-order valence-electron chi connectivity index (χ0n) is 11.1. The molecule has 1 atom stereocenters. The van der Waals surface area contributed by atoms with Crippen molar-refractivity contribution >= 4 is 23.4 Å². The lowest BCUT2D eigenvalue weighted by Crippen LogP contribution is -2.46. The van der Waals surface area contributed by atoms with Crippen LogP contribution in [-0.2, 0) is 17.6 Å². The normalized spacial score (nSPS) is 22.6. The Labute approximate surface area is 118 Å². The van der Waals surface area contributed by atoms with Crippen LogP contribution in [-0.4, -0.2) is 30.0 Å². The number of thioether (sulfide) groups is 1. The van der Waals surface area contributed by atoms with E-state index < -0.39 is 0 Å². The van der Waals surface area contributed by atoms with Crippen molar-refractivity contribution in [3.05, 3.63) is 29.3 Å². The first-order chi connectivity index (χ1) is 9.34. The minimum atomic E-state index is -0.0433. The largest absolute Gasteiger partial charge is 0.324 e. The topological polar surface area (TPSA) is 41.1 Å². The van der Waals surface area contributed by atoms with E-state index in [0.29, 0.717) is 0 Å². The zero-order valence-corrected chi connectivity index (χ0v) is 11.9. The molecule has 1 fully saturated rings. The molecule has 1 amide bonds. The second-order valence-electron chi connectivity index (χ2n) is 5.22. The Morgan fingerprint density at radius 2 is 2.21 bits per heavy atom. The van der Waals surface area contributed by atoms with E-state index in [0.717, 1.165) is 36.6 Å². The number of anilines is 1. The van der Waals surface area contributed by atoms with Gasteiger partial charge in [0, 0.05) is 23.7 Å². The maximum absolute atomic E-state index is 12.3. The van der Waals surface area contributed by atoms with Crippen molar-refractivity contribution in [1.29, 1.82) is 0 Å². The van der Waals surface area contributed by atoms with Crippen LogP contribution in [0.5, 0.6) is 0 Å². The molecule has 1 heterocycles. The summed E-state index contributed by atoms with van der Waals surface area (Å²) >= 11 is 1.85. The summed E-state index contributed by atoms with van der Waals surface area (Å²) in [6.07, 6.45) is 4.75. The first kappa shape index (κ1) is 13.0. The number of nitrogens with one attached hydrogen (secondary N) is 2. The minimum Gasteiger partial charge on any atom is -0.324 e. The molecule has 19 heavy (non-hydrogen) atoms. The fourth-order valence-corrected chi connectivity index (χ4v) is 3.79. The molecule has 1 aromatic carbocycles. The molecule has 3 nitrogen and oxygen atoms in total. The van der Waals surface area contributed by atoms with Crippen molar-refractivity contribution in [2.45, 2.75) is 31.7 Å². The number of aryl methyl sites for hydroxylation is 1. The van der Waals surface area contributed by atoms with Gasteiger partial charge in [-0.1, -0.05) is 12.1 Å². The molecule has 2 N–H and O–H groups in total. The van der Waals surface area contributed by atoms with E-state index in [1.807, 2.05) is 17.8 Å². The van der Waals surface area contributed by atoms with Gasteiger partial charge in [-0.25, -0.2) is 0 Å². The maximum atomic E-state index is 12.3. The summed E-state index contributed by atoms with van der Waals surface area (Å²) in [6, 6.07) is 6.25. The third-order valence-corrected chi connectivity index (χ3v) is 4.95. The summed E-state index contributed by atoms with van der Waals surface area (Å²) in [5.41, 5.74) is 3.79. The lowest BCUT2D eigenvalue weighted by atomic mass is 9.90.